The van der Waals surface area contributed by atoms with Crippen LogP contribution in [0.15, 0.2) is 35.4 Å². The lowest BCUT2D eigenvalue weighted by Gasteiger charge is -2.36. The molecule has 3 heterocycles. The van der Waals surface area contributed by atoms with Crippen molar-refractivity contribution in [3.63, 3.8) is 0 Å². The van der Waals surface area contributed by atoms with E-state index in [-0.39, 0.29) is 11.8 Å². The van der Waals surface area contributed by atoms with E-state index in [0.29, 0.717) is 36.7 Å². The van der Waals surface area contributed by atoms with Crippen molar-refractivity contribution in [3.8, 4) is 0 Å². The van der Waals surface area contributed by atoms with Crippen LogP contribution >= 0.6 is 0 Å². The molecule has 2 aromatic rings. The molecule has 4 rings (SSSR count). The molecule has 0 spiro atoms. The Hall–Kier alpha value is -1.86. The van der Waals surface area contributed by atoms with Crippen LogP contribution in [-0.4, -0.2) is 54.3 Å². The number of aryl methyl sites for hydroxylation is 1. The van der Waals surface area contributed by atoms with Gasteiger partial charge in [0.2, 0.25) is 15.9 Å². The minimum atomic E-state index is -3.53. The van der Waals surface area contributed by atoms with Crippen LogP contribution in [0.5, 0.6) is 0 Å². The van der Waals surface area contributed by atoms with E-state index < -0.39 is 10.0 Å². The van der Waals surface area contributed by atoms with Crippen molar-refractivity contribution < 1.29 is 13.2 Å². The fourth-order valence-electron chi connectivity index (χ4n) is 4.59. The molecular formula is C22H31N3O3S. The van der Waals surface area contributed by atoms with Gasteiger partial charge in [0.25, 0.3) is 0 Å². The molecule has 1 aromatic carbocycles. The van der Waals surface area contributed by atoms with Crippen LogP contribution in [0, 0.1) is 11.8 Å². The molecule has 1 amide bonds. The quantitative estimate of drug-likeness (QED) is 0.767. The van der Waals surface area contributed by atoms with Crippen molar-refractivity contribution in [2.75, 3.05) is 26.2 Å². The zero-order valence-electron chi connectivity index (χ0n) is 17.4. The predicted molar refractivity (Wildman–Crippen MR) is 114 cm³/mol. The highest BCUT2D eigenvalue weighted by Crippen LogP contribution is 2.28. The van der Waals surface area contributed by atoms with Crippen LogP contribution in [0.2, 0.25) is 0 Å². The number of piperidine rings is 2. The van der Waals surface area contributed by atoms with Gasteiger partial charge in [0.05, 0.1) is 4.90 Å². The van der Waals surface area contributed by atoms with Crippen molar-refractivity contribution in [2.45, 2.75) is 51.0 Å². The van der Waals surface area contributed by atoms with Crippen LogP contribution in [-0.2, 0) is 21.4 Å². The summed E-state index contributed by atoms with van der Waals surface area (Å²) in [5.74, 6) is 0.866. The molecule has 0 aliphatic carbocycles. The minimum Gasteiger partial charge on any atom is -0.348 e. The largest absolute Gasteiger partial charge is 0.348 e. The summed E-state index contributed by atoms with van der Waals surface area (Å²) in [6, 6.07) is 7.32. The normalized spacial score (nSPS) is 20.4. The average molecular weight is 418 g/mol. The van der Waals surface area contributed by atoms with Gasteiger partial charge in [-0.2, -0.15) is 4.31 Å². The lowest BCUT2D eigenvalue weighted by Crippen LogP contribution is -2.46. The van der Waals surface area contributed by atoms with Gasteiger partial charge in [0.15, 0.2) is 0 Å². The number of hydrogen-bond donors (Lipinski definition) is 0. The van der Waals surface area contributed by atoms with Gasteiger partial charge in [-0.15, -0.1) is 0 Å². The molecule has 29 heavy (non-hydrogen) atoms. The Morgan fingerprint density at radius 1 is 1.03 bits per heavy atom. The van der Waals surface area contributed by atoms with Crippen LogP contribution in [0.1, 0.15) is 39.5 Å². The van der Waals surface area contributed by atoms with Gasteiger partial charge in [0.1, 0.15) is 0 Å². The average Bonchev–Trinajstić information content (AvgIpc) is 3.16. The Kier molecular flexibility index (Phi) is 5.71. The smallest absolute Gasteiger partial charge is 0.243 e. The maximum atomic E-state index is 13.1. The third-order valence-corrected chi connectivity index (χ3v) is 8.51. The van der Waals surface area contributed by atoms with E-state index in [4.69, 9.17) is 0 Å². The summed E-state index contributed by atoms with van der Waals surface area (Å²) in [5.41, 5.74) is 1.05. The highest BCUT2D eigenvalue weighted by molar-refractivity contribution is 7.89. The second kappa shape index (κ2) is 8.11. The second-order valence-electron chi connectivity index (χ2n) is 8.51. The van der Waals surface area contributed by atoms with Crippen molar-refractivity contribution in [1.82, 2.24) is 13.8 Å². The summed E-state index contributed by atoms with van der Waals surface area (Å²) in [7, 11) is -3.53. The zero-order valence-corrected chi connectivity index (χ0v) is 18.2. The number of rotatable bonds is 4. The third kappa shape index (κ3) is 3.94. The van der Waals surface area contributed by atoms with Crippen LogP contribution in [0.3, 0.4) is 0 Å². The van der Waals surface area contributed by atoms with E-state index in [1.165, 1.54) is 0 Å². The first kappa shape index (κ1) is 20.4. The molecule has 2 aliphatic rings. The van der Waals surface area contributed by atoms with E-state index in [1.54, 1.807) is 16.4 Å². The number of hydrogen-bond acceptors (Lipinski definition) is 3. The van der Waals surface area contributed by atoms with E-state index in [9.17, 15) is 13.2 Å². The number of carbonyl (C=O) groups excluding carboxylic acids is 1. The summed E-state index contributed by atoms with van der Waals surface area (Å²) in [5, 5.41) is 0.942. The van der Waals surface area contributed by atoms with Crippen LogP contribution in [0.25, 0.3) is 10.9 Å². The van der Waals surface area contributed by atoms with Crippen LogP contribution in [0.4, 0.5) is 0 Å². The first-order valence-electron chi connectivity index (χ1n) is 10.8. The van der Waals surface area contributed by atoms with E-state index in [2.05, 4.69) is 18.4 Å². The number of aromatic nitrogens is 1. The molecule has 2 fully saturated rings. The summed E-state index contributed by atoms with van der Waals surface area (Å²) in [4.78, 5) is 15.1. The number of sulfonamides is 1. The number of fused-ring (bicyclic) bond motifs is 1. The number of amides is 1. The van der Waals surface area contributed by atoms with Crippen molar-refractivity contribution in [1.29, 1.82) is 0 Å². The van der Waals surface area contributed by atoms with Gasteiger partial charge in [0, 0.05) is 55.7 Å². The first-order valence-corrected chi connectivity index (χ1v) is 12.2. The molecule has 1 aromatic heterocycles. The fraction of sp³-hybridized carbons (Fsp3) is 0.591. The molecule has 0 saturated carbocycles. The Morgan fingerprint density at radius 3 is 2.38 bits per heavy atom. The van der Waals surface area contributed by atoms with Gasteiger partial charge in [-0.25, -0.2) is 8.42 Å². The van der Waals surface area contributed by atoms with Gasteiger partial charge < -0.3 is 9.47 Å². The van der Waals surface area contributed by atoms with Gasteiger partial charge in [-0.05, 0) is 62.8 Å². The molecule has 0 atom stereocenters. The number of likely N-dealkylation sites (tertiary alicyclic amines) is 1. The Morgan fingerprint density at radius 2 is 1.72 bits per heavy atom. The minimum absolute atomic E-state index is 0.0454. The predicted octanol–water partition coefficient (Wildman–Crippen LogP) is 3.32. The number of carbonyl (C=O) groups is 1. The number of benzene rings is 1. The molecule has 6 nitrogen and oxygen atoms in total. The van der Waals surface area contributed by atoms with E-state index >= 15 is 0 Å². The summed E-state index contributed by atoms with van der Waals surface area (Å²) >= 11 is 0. The maximum Gasteiger partial charge on any atom is 0.243 e. The standard InChI is InChI=1S/C22H31N3O3S/c1-3-23-13-8-19-16-20(4-5-21(19)23)29(27,28)25-14-9-18(10-15-25)22(26)24-11-6-17(2)7-12-24/h4-5,8,13,16-18H,3,6-7,9-12,14-15H2,1-2H3. The summed E-state index contributed by atoms with van der Waals surface area (Å²) < 4.78 is 29.9. The Bertz CT molecular complexity index is 982. The fourth-order valence-corrected chi connectivity index (χ4v) is 6.10. The van der Waals surface area contributed by atoms with Gasteiger partial charge >= 0.3 is 0 Å². The van der Waals surface area contributed by atoms with Crippen LogP contribution < -0.4 is 0 Å². The Balaban J connectivity index is 1.43. The maximum absolute atomic E-state index is 13.1. The second-order valence-corrected chi connectivity index (χ2v) is 10.4. The lowest BCUT2D eigenvalue weighted by atomic mass is 9.93. The van der Waals surface area contributed by atoms with Crippen molar-refractivity contribution in [2.24, 2.45) is 11.8 Å². The van der Waals surface area contributed by atoms with E-state index in [0.717, 1.165) is 43.4 Å². The molecule has 0 radical (unpaired) electrons. The monoisotopic (exact) mass is 417 g/mol. The SMILES string of the molecule is CCn1ccc2cc(S(=O)(=O)N3CCC(C(=O)N4CCC(C)CC4)CC3)ccc21. The first-order chi connectivity index (χ1) is 13.9. The topological polar surface area (TPSA) is 62.6 Å². The molecule has 2 aliphatic heterocycles. The number of nitrogens with zero attached hydrogens (tertiary/aromatic N) is 3. The highest BCUT2D eigenvalue weighted by Gasteiger charge is 2.34. The molecule has 0 unspecified atom stereocenters. The van der Waals surface area contributed by atoms with Crippen molar-refractivity contribution in [3.05, 3.63) is 30.5 Å². The molecular weight excluding hydrogens is 386 g/mol. The third-order valence-electron chi connectivity index (χ3n) is 6.62. The van der Waals surface area contributed by atoms with E-state index in [1.807, 2.05) is 23.2 Å². The lowest BCUT2D eigenvalue weighted by molar-refractivity contribution is -0.138. The summed E-state index contributed by atoms with van der Waals surface area (Å²) in [6.07, 6.45) is 5.35. The molecule has 2 saturated heterocycles. The van der Waals surface area contributed by atoms with Crippen molar-refractivity contribution >= 4 is 26.8 Å². The molecule has 0 N–H and O–H groups in total. The molecule has 0 bridgehead atoms. The summed E-state index contributed by atoms with van der Waals surface area (Å²) in [6.45, 7) is 7.67. The molecule has 7 heteroatoms. The Labute approximate surface area is 173 Å². The molecule has 158 valence electrons. The van der Waals surface area contributed by atoms with Gasteiger partial charge in [-0.3, -0.25) is 4.79 Å². The van der Waals surface area contributed by atoms with Gasteiger partial charge in [-0.1, -0.05) is 6.92 Å². The zero-order chi connectivity index (χ0) is 20.6. The highest BCUT2D eigenvalue weighted by atomic mass is 32.2.